The van der Waals surface area contributed by atoms with Crippen LogP contribution in [0.2, 0.25) is 5.15 Å². The van der Waals surface area contributed by atoms with E-state index in [1.165, 1.54) is 10.7 Å². The van der Waals surface area contributed by atoms with E-state index in [1.54, 1.807) is 31.4 Å². The first-order valence-electron chi connectivity index (χ1n) is 6.87. The lowest BCUT2D eigenvalue weighted by Crippen LogP contribution is -2.11. The summed E-state index contributed by atoms with van der Waals surface area (Å²) in [6, 6.07) is 6.19. The molecule has 0 saturated heterocycles. The molecule has 0 unspecified atom stereocenters. The van der Waals surface area contributed by atoms with Gasteiger partial charge in [-0.25, -0.2) is 14.4 Å². The SMILES string of the molecule is Cn1cc2cc(NC(=O)c3nc4ccc(Cl)nc4s3)cc(F)c2n1. The van der Waals surface area contributed by atoms with Crippen molar-refractivity contribution >= 4 is 55.8 Å². The molecule has 6 nitrogen and oxygen atoms in total. The largest absolute Gasteiger partial charge is 0.320 e. The number of amides is 1. The Morgan fingerprint density at radius 2 is 2.17 bits per heavy atom. The van der Waals surface area contributed by atoms with Gasteiger partial charge in [0, 0.05) is 24.3 Å². The summed E-state index contributed by atoms with van der Waals surface area (Å²) in [7, 11) is 1.71. The molecule has 0 aliphatic rings. The number of nitrogens with zero attached hydrogens (tertiary/aromatic N) is 4. The number of carbonyl (C=O) groups is 1. The zero-order chi connectivity index (χ0) is 16.8. The topological polar surface area (TPSA) is 72.7 Å². The second-order valence-electron chi connectivity index (χ2n) is 5.13. The molecule has 3 aromatic heterocycles. The highest BCUT2D eigenvalue weighted by molar-refractivity contribution is 7.20. The summed E-state index contributed by atoms with van der Waals surface area (Å²) < 4.78 is 15.6. The molecule has 0 aliphatic carbocycles. The van der Waals surface area contributed by atoms with Crippen molar-refractivity contribution in [1.82, 2.24) is 19.7 Å². The average Bonchev–Trinajstić information content (AvgIpc) is 3.09. The van der Waals surface area contributed by atoms with Crippen molar-refractivity contribution in [1.29, 1.82) is 0 Å². The lowest BCUT2D eigenvalue weighted by Gasteiger charge is -2.03. The number of thiazole rings is 1. The van der Waals surface area contributed by atoms with E-state index in [9.17, 15) is 9.18 Å². The van der Waals surface area contributed by atoms with Gasteiger partial charge in [0.2, 0.25) is 0 Å². The second kappa shape index (κ2) is 5.50. The third kappa shape index (κ3) is 2.59. The highest BCUT2D eigenvalue weighted by Crippen LogP contribution is 2.25. The number of aromatic nitrogens is 4. The van der Waals surface area contributed by atoms with E-state index in [-0.39, 0.29) is 10.5 Å². The minimum atomic E-state index is -0.499. The van der Waals surface area contributed by atoms with E-state index in [4.69, 9.17) is 11.6 Å². The van der Waals surface area contributed by atoms with Gasteiger partial charge in [-0.05, 0) is 24.3 Å². The molecule has 3 heterocycles. The first-order chi connectivity index (χ1) is 11.5. The van der Waals surface area contributed by atoms with Crippen LogP contribution in [0.25, 0.3) is 21.3 Å². The standard InChI is InChI=1S/C15H9ClFN5OS/c1-22-6-7-4-8(5-9(17)12(7)21-22)18-13(23)15-19-10-2-3-11(16)20-14(10)24-15/h2-6H,1H3,(H,18,23). The molecule has 24 heavy (non-hydrogen) atoms. The first-order valence-corrected chi connectivity index (χ1v) is 8.06. The normalized spacial score (nSPS) is 11.3. The molecular formula is C15H9ClFN5OS. The van der Waals surface area contributed by atoms with Gasteiger partial charge >= 0.3 is 0 Å². The van der Waals surface area contributed by atoms with E-state index in [0.29, 0.717) is 26.6 Å². The van der Waals surface area contributed by atoms with Crippen LogP contribution in [0.15, 0.2) is 30.5 Å². The number of nitrogens with one attached hydrogen (secondary N) is 1. The van der Waals surface area contributed by atoms with Crippen molar-refractivity contribution in [2.75, 3.05) is 5.32 Å². The number of aryl methyl sites for hydroxylation is 1. The first kappa shape index (κ1) is 15.0. The summed E-state index contributed by atoms with van der Waals surface area (Å²) in [4.78, 5) is 21.3. The molecule has 120 valence electrons. The quantitative estimate of drug-likeness (QED) is 0.553. The number of benzene rings is 1. The van der Waals surface area contributed by atoms with E-state index >= 15 is 0 Å². The van der Waals surface area contributed by atoms with Crippen LogP contribution in [0.1, 0.15) is 9.80 Å². The summed E-state index contributed by atoms with van der Waals surface area (Å²) in [5.74, 6) is -0.932. The van der Waals surface area contributed by atoms with Crippen LogP contribution in [-0.2, 0) is 7.05 Å². The Kier molecular flexibility index (Phi) is 3.43. The fraction of sp³-hybridized carbons (Fsp3) is 0.0667. The fourth-order valence-corrected chi connectivity index (χ4v) is 3.39. The molecule has 0 saturated carbocycles. The lowest BCUT2D eigenvalue weighted by molar-refractivity contribution is 0.102. The molecule has 4 aromatic rings. The zero-order valence-electron chi connectivity index (χ0n) is 12.2. The van der Waals surface area contributed by atoms with E-state index in [2.05, 4.69) is 20.4 Å². The Balaban J connectivity index is 1.67. The monoisotopic (exact) mass is 361 g/mol. The van der Waals surface area contributed by atoms with Gasteiger partial charge in [0.15, 0.2) is 10.8 Å². The number of halogens is 2. The fourth-order valence-electron chi connectivity index (χ4n) is 2.36. The van der Waals surface area contributed by atoms with Gasteiger partial charge in [-0.15, -0.1) is 0 Å². The summed E-state index contributed by atoms with van der Waals surface area (Å²) in [6.45, 7) is 0. The molecule has 0 atom stereocenters. The van der Waals surface area contributed by atoms with Gasteiger partial charge in [-0.1, -0.05) is 22.9 Å². The van der Waals surface area contributed by atoms with Crippen LogP contribution in [0.5, 0.6) is 0 Å². The number of pyridine rings is 1. The van der Waals surface area contributed by atoms with Crippen LogP contribution in [0.3, 0.4) is 0 Å². The number of hydrogen-bond donors (Lipinski definition) is 1. The number of fused-ring (bicyclic) bond motifs is 2. The van der Waals surface area contributed by atoms with Crippen molar-refractivity contribution in [3.63, 3.8) is 0 Å². The van der Waals surface area contributed by atoms with Crippen LogP contribution in [0, 0.1) is 5.82 Å². The summed E-state index contributed by atoms with van der Waals surface area (Å²) in [5.41, 5.74) is 1.18. The summed E-state index contributed by atoms with van der Waals surface area (Å²) in [5, 5.41) is 7.84. The molecule has 0 fully saturated rings. The average molecular weight is 362 g/mol. The van der Waals surface area contributed by atoms with Crippen LogP contribution >= 0.6 is 22.9 Å². The van der Waals surface area contributed by atoms with Crippen LogP contribution in [0.4, 0.5) is 10.1 Å². The van der Waals surface area contributed by atoms with Gasteiger partial charge < -0.3 is 5.32 Å². The molecule has 0 radical (unpaired) electrons. The number of carbonyl (C=O) groups excluding carboxylic acids is 1. The molecule has 9 heteroatoms. The molecule has 0 aliphatic heterocycles. The highest BCUT2D eigenvalue weighted by Gasteiger charge is 2.15. The molecule has 4 rings (SSSR count). The van der Waals surface area contributed by atoms with Crippen molar-refractivity contribution < 1.29 is 9.18 Å². The lowest BCUT2D eigenvalue weighted by atomic mass is 10.2. The van der Waals surface area contributed by atoms with Crippen LogP contribution in [-0.4, -0.2) is 25.7 Å². The predicted octanol–water partition coefficient (Wildman–Crippen LogP) is 3.62. The molecular weight excluding hydrogens is 353 g/mol. The van der Waals surface area contributed by atoms with Gasteiger partial charge in [0.1, 0.15) is 21.0 Å². The van der Waals surface area contributed by atoms with E-state index in [0.717, 1.165) is 11.3 Å². The molecule has 0 spiro atoms. The Morgan fingerprint density at radius 3 is 3.00 bits per heavy atom. The number of rotatable bonds is 2. The summed E-state index contributed by atoms with van der Waals surface area (Å²) in [6.07, 6.45) is 1.68. The van der Waals surface area contributed by atoms with Crippen LogP contribution < -0.4 is 5.32 Å². The van der Waals surface area contributed by atoms with Crippen molar-refractivity contribution in [3.05, 3.63) is 46.4 Å². The zero-order valence-corrected chi connectivity index (χ0v) is 13.8. The Morgan fingerprint density at radius 1 is 1.33 bits per heavy atom. The maximum Gasteiger partial charge on any atom is 0.284 e. The van der Waals surface area contributed by atoms with E-state index < -0.39 is 11.7 Å². The Bertz CT molecular complexity index is 1110. The van der Waals surface area contributed by atoms with Crippen molar-refractivity contribution in [2.24, 2.45) is 7.05 Å². The number of hydrogen-bond acceptors (Lipinski definition) is 5. The Labute approximate surface area is 143 Å². The molecule has 1 N–H and O–H groups in total. The second-order valence-corrected chi connectivity index (χ2v) is 6.49. The van der Waals surface area contributed by atoms with Gasteiger partial charge in [-0.3, -0.25) is 9.48 Å². The molecule has 1 amide bonds. The third-order valence-corrected chi connectivity index (χ3v) is 4.52. The Hall–Kier alpha value is -2.58. The maximum atomic E-state index is 14.1. The third-order valence-electron chi connectivity index (χ3n) is 3.35. The smallest absolute Gasteiger partial charge is 0.284 e. The minimum absolute atomic E-state index is 0.228. The molecule has 0 bridgehead atoms. The maximum absolute atomic E-state index is 14.1. The molecule has 1 aromatic carbocycles. The minimum Gasteiger partial charge on any atom is -0.320 e. The summed E-state index contributed by atoms with van der Waals surface area (Å²) >= 11 is 6.95. The number of anilines is 1. The predicted molar refractivity (Wildman–Crippen MR) is 91.1 cm³/mol. The van der Waals surface area contributed by atoms with Gasteiger partial charge in [0.05, 0.1) is 0 Å². The van der Waals surface area contributed by atoms with Crippen molar-refractivity contribution in [3.8, 4) is 0 Å². The van der Waals surface area contributed by atoms with Gasteiger partial charge in [0.25, 0.3) is 5.91 Å². The highest BCUT2D eigenvalue weighted by atomic mass is 35.5. The van der Waals surface area contributed by atoms with Crippen molar-refractivity contribution in [2.45, 2.75) is 0 Å². The van der Waals surface area contributed by atoms with E-state index in [1.807, 2.05) is 0 Å². The van der Waals surface area contributed by atoms with Gasteiger partial charge in [-0.2, -0.15) is 5.10 Å².